The third kappa shape index (κ3) is 2.93. The lowest BCUT2D eigenvalue weighted by molar-refractivity contribution is 0.339. The van der Waals surface area contributed by atoms with E-state index in [1.165, 1.54) is 18.5 Å². The summed E-state index contributed by atoms with van der Waals surface area (Å²) in [5.74, 6) is 1.72. The number of benzene rings is 1. The largest absolute Gasteiger partial charge is 0.494 e. The molecule has 0 aliphatic carbocycles. The molecule has 0 bridgehead atoms. The second-order valence-electron chi connectivity index (χ2n) is 5.03. The fourth-order valence-electron chi connectivity index (χ4n) is 2.48. The summed E-state index contributed by atoms with van der Waals surface area (Å²) >= 11 is 0. The highest BCUT2D eigenvalue weighted by molar-refractivity contribution is 5.50. The van der Waals surface area contributed by atoms with Gasteiger partial charge >= 0.3 is 0 Å². The predicted octanol–water partition coefficient (Wildman–Crippen LogP) is 3.51. The molecule has 1 radical (unpaired) electrons. The van der Waals surface area contributed by atoms with Crippen molar-refractivity contribution in [1.29, 1.82) is 0 Å². The van der Waals surface area contributed by atoms with Gasteiger partial charge in [-0.3, -0.25) is 0 Å². The average molecular weight is 232 g/mol. The van der Waals surface area contributed by atoms with Crippen LogP contribution in [0.5, 0.6) is 5.75 Å². The number of ether oxygens (including phenoxy) is 1. The maximum atomic E-state index is 5.55. The first-order valence-electron chi connectivity index (χ1n) is 6.62. The molecule has 93 valence electrons. The lowest BCUT2D eigenvalue weighted by Gasteiger charge is -2.38. The number of piperidine rings is 1. The standard InChI is InChI=1S/C15H22NO/c1-4-17-15-7-5-6-14(10-15)16-11-12(2)8-9-13(16)3/h5,7,10,12-13H,4,8-9,11H2,1-3H3. The van der Waals surface area contributed by atoms with E-state index in [4.69, 9.17) is 4.74 Å². The van der Waals surface area contributed by atoms with Gasteiger partial charge in [0.05, 0.1) is 6.61 Å². The summed E-state index contributed by atoms with van der Waals surface area (Å²) < 4.78 is 5.55. The van der Waals surface area contributed by atoms with E-state index < -0.39 is 0 Å². The van der Waals surface area contributed by atoms with Crippen LogP contribution in [-0.4, -0.2) is 19.2 Å². The number of hydrogen-bond donors (Lipinski definition) is 0. The minimum absolute atomic E-state index is 0.610. The van der Waals surface area contributed by atoms with Crippen molar-refractivity contribution in [3.8, 4) is 5.75 Å². The van der Waals surface area contributed by atoms with Crippen LogP contribution >= 0.6 is 0 Å². The van der Waals surface area contributed by atoms with Gasteiger partial charge in [0.15, 0.2) is 0 Å². The predicted molar refractivity (Wildman–Crippen MR) is 71.7 cm³/mol. The fraction of sp³-hybridized carbons (Fsp3) is 0.600. The molecule has 2 atom stereocenters. The van der Waals surface area contributed by atoms with Gasteiger partial charge in [-0.1, -0.05) is 6.92 Å². The highest BCUT2D eigenvalue weighted by Gasteiger charge is 2.23. The zero-order valence-corrected chi connectivity index (χ0v) is 11.1. The van der Waals surface area contributed by atoms with Crippen molar-refractivity contribution in [3.63, 3.8) is 0 Å². The lowest BCUT2D eigenvalue weighted by atomic mass is 9.94. The molecule has 2 heteroatoms. The maximum Gasteiger partial charge on any atom is 0.121 e. The molecular formula is C15H22NO. The Kier molecular flexibility index (Phi) is 3.93. The van der Waals surface area contributed by atoms with Gasteiger partial charge in [-0.2, -0.15) is 0 Å². The molecule has 2 unspecified atom stereocenters. The molecule has 0 spiro atoms. The Morgan fingerprint density at radius 2 is 2.24 bits per heavy atom. The lowest BCUT2D eigenvalue weighted by Crippen LogP contribution is -2.41. The van der Waals surface area contributed by atoms with Crippen LogP contribution in [0.25, 0.3) is 0 Å². The van der Waals surface area contributed by atoms with E-state index in [0.29, 0.717) is 6.04 Å². The average Bonchev–Trinajstić information content (AvgIpc) is 2.33. The monoisotopic (exact) mass is 232 g/mol. The first-order valence-corrected chi connectivity index (χ1v) is 6.62. The molecule has 17 heavy (non-hydrogen) atoms. The van der Waals surface area contributed by atoms with Gasteiger partial charge in [-0.05, 0) is 44.7 Å². The van der Waals surface area contributed by atoms with Gasteiger partial charge in [0.1, 0.15) is 5.75 Å². The Bertz CT molecular complexity index is 364. The van der Waals surface area contributed by atoms with Crippen molar-refractivity contribution in [1.82, 2.24) is 0 Å². The van der Waals surface area contributed by atoms with Crippen LogP contribution in [0.4, 0.5) is 5.69 Å². The van der Waals surface area contributed by atoms with E-state index in [1.807, 2.05) is 19.1 Å². The van der Waals surface area contributed by atoms with Crippen molar-refractivity contribution in [2.75, 3.05) is 18.1 Å². The zero-order chi connectivity index (χ0) is 12.3. The molecule has 0 amide bonds. The number of hydrogen-bond acceptors (Lipinski definition) is 2. The van der Waals surface area contributed by atoms with Gasteiger partial charge in [-0.15, -0.1) is 0 Å². The van der Waals surface area contributed by atoms with Crippen LogP contribution in [0.1, 0.15) is 33.6 Å². The molecule has 1 heterocycles. The summed E-state index contributed by atoms with van der Waals surface area (Å²) in [6.07, 6.45) is 2.61. The van der Waals surface area contributed by atoms with Crippen molar-refractivity contribution >= 4 is 5.69 Å². The van der Waals surface area contributed by atoms with E-state index in [-0.39, 0.29) is 0 Å². The molecule has 0 aromatic heterocycles. The van der Waals surface area contributed by atoms with E-state index in [9.17, 15) is 0 Å². The number of nitrogens with zero attached hydrogens (tertiary/aromatic N) is 1. The van der Waals surface area contributed by atoms with Crippen LogP contribution in [0.2, 0.25) is 0 Å². The van der Waals surface area contributed by atoms with Gasteiger partial charge in [0.25, 0.3) is 0 Å². The van der Waals surface area contributed by atoms with Crippen molar-refractivity contribution in [3.05, 3.63) is 24.3 Å². The maximum absolute atomic E-state index is 5.55. The van der Waals surface area contributed by atoms with E-state index >= 15 is 0 Å². The first-order chi connectivity index (χ1) is 8.20. The number of anilines is 1. The molecule has 1 aliphatic heterocycles. The molecule has 2 nitrogen and oxygen atoms in total. The Balaban J connectivity index is 2.16. The van der Waals surface area contributed by atoms with Crippen molar-refractivity contribution < 1.29 is 4.74 Å². The van der Waals surface area contributed by atoms with Gasteiger partial charge in [0.2, 0.25) is 0 Å². The SMILES string of the molecule is CCOc1cc[c]c(N2CC(C)CCC2C)c1. The Hall–Kier alpha value is -1.18. The van der Waals surface area contributed by atoms with Crippen molar-refractivity contribution in [2.24, 2.45) is 5.92 Å². The molecule has 1 saturated heterocycles. The molecule has 1 aromatic rings. The summed E-state index contributed by atoms with van der Waals surface area (Å²) in [5, 5.41) is 0. The topological polar surface area (TPSA) is 12.5 Å². The smallest absolute Gasteiger partial charge is 0.121 e. The molecule has 0 saturated carbocycles. The third-order valence-electron chi connectivity index (χ3n) is 3.50. The molecule has 0 N–H and O–H groups in total. The second-order valence-corrected chi connectivity index (χ2v) is 5.03. The summed E-state index contributed by atoms with van der Waals surface area (Å²) in [6, 6.07) is 10.00. The highest BCUT2D eigenvalue weighted by Crippen LogP contribution is 2.29. The third-order valence-corrected chi connectivity index (χ3v) is 3.50. The van der Waals surface area contributed by atoms with Crippen molar-refractivity contribution in [2.45, 2.75) is 39.7 Å². The molecule has 1 aromatic carbocycles. The highest BCUT2D eigenvalue weighted by atomic mass is 16.5. The quantitative estimate of drug-likeness (QED) is 0.790. The Labute approximate surface area is 105 Å². The fourth-order valence-corrected chi connectivity index (χ4v) is 2.48. The van der Waals surface area contributed by atoms with Gasteiger partial charge in [-0.25, -0.2) is 0 Å². The van der Waals surface area contributed by atoms with Crippen LogP contribution in [0.3, 0.4) is 0 Å². The first kappa shape index (κ1) is 12.3. The summed E-state index contributed by atoms with van der Waals surface area (Å²) in [7, 11) is 0. The van der Waals surface area contributed by atoms with Gasteiger partial charge < -0.3 is 9.64 Å². The molecule has 1 fully saturated rings. The van der Waals surface area contributed by atoms with Crippen LogP contribution < -0.4 is 9.64 Å². The number of rotatable bonds is 3. The van der Waals surface area contributed by atoms with E-state index in [0.717, 1.165) is 24.8 Å². The molecular weight excluding hydrogens is 210 g/mol. The Morgan fingerprint density at radius 1 is 1.41 bits per heavy atom. The van der Waals surface area contributed by atoms with Crippen LogP contribution in [0, 0.1) is 12.0 Å². The normalized spacial score (nSPS) is 24.8. The minimum atomic E-state index is 0.610. The van der Waals surface area contributed by atoms with Gasteiger partial charge in [0, 0.05) is 30.4 Å². The van der Waals surface area contributed by atoms with E-state index in [2.05, 4.69) is 30.9 Å². The molecule has 2 rings (SSSR count). The van der Waals surface area contributed by atoms with Crippen LogP contribution in [0.15, 0.2) is 18.2 Å². The van der Waals surface area contributed by atoms with E-state index in [1.54, 1.807) is 0 Å². The summed E-state index contributed by atoms with van der Waals surface area (Å²) in [6.45, 7) is 8.49. The van der Waals surface area contributed by atoms with Crippen LogP contribution in [-0.2, 0) is 0 Å². The minimum Gasteiger partial charge on any atom is -0.494 e. The summed E-state index contributed by atoms with van der Waals surface area (Å²) in [4.78, 5) is 2.46. The second kappa shape index (κ2) is 5.44. The summed E-state index contributed by atoms with van der Waals surface area (Å²) in [5.41, 5.74) is 1.18. The zero-order valence-electron chi connectivity index (χ0n) is 11.1. The molecule has 1 aliphatic rings. The Morgan fingerprint density at radius 3 is 3.00 bits per heavy atom.